The van der Waals surface area contributed by atoms with Crippen molar-refractivity contribution in [2.45, 2.75) is 12.8 Å². The van der Waals surface area contributed by atoms with Crippen molar-refractivity contribution in [1.29, 1.82) is 0 Å². The fraction of sp³-hybridized carbons (Fsp3) is 0.231. The molecule has 1 heterocycles. The summed E-state index contributed by atoms with van der Waals surface area (Å²) in [5, 5.41) is 6.52. The molecule has 0 saturated carbocycles. The van der Waals surface area contributed by atoms with Gasteiger partial charge < -0.3 is 5.32 Å². The molecule has 0 unspecified atom stereocenters. The van der Waals surface area contributed by atoms with Crippen LogP contribution < -0.4 is 5.32 Å². The van der Waals surface area contributed by atoms with Gasteiger partial charge in [-0.05, 0) is 24.6 Å². The largest absolute Gasteiger partial charge is 0.319 e. The number of sulfone groups is 1. The summed E-state index contributed by atoms with van der Waals surface area (Å²) in [4.78, 5) is 12.3. The molecular weight excluding hydrogens is 385 g/mol. The summed E-state index contributed by atoms with van der Waals surface area (Å²) in [7, 11) is -3.39. The minimum absolute atomic E-state index is 0.128. The highest BCUT2D eigenvalue weighted by atomic mass is 35.5. The zero-order valence-electron chi connectivity index (χ0n) is 12.1. The molecule has 2 rings (SSSR count). The number of amides is 1. The number of aromatic nitrogens is 2. The average Bonchev–Trinajstić information content (AvgIpc) is 2.68. The molecule has 1 amide bonds. The first-order valence-corrected chi connectivity index (χ1v) is 9.45. The SMILES string of the molecule is Cc1ccc(NC(=O)c2nn(CS(C)(=O)=O)c(Cl)c2Cl)c(Cl)c1. The molecule has 0 spiro atoms. The van der Waals surface area contributed by atoms with Crippen molar-refractivity contribution >= 4 is 56.2 Å². The monoisotopic (exact) mass is 395 g/mol. The van der Waals surface area contributed by atoms with Gasteiger partial charge in [0.1, 0.15) is 16.1 Å². The van der Waals surface area contributed by atoms with Crippen molar-refractivity contribution in [2.75, 3.05) is 11.6 Å². The zero-order chi connectivity index (χ0) is 17.4. The summed E-state index contributed by atoms with van der Waals surface area (Å²) < 4.78 is 23.6. The minimum Gasteiger partial charge on any atom is -0.319 e. The van der Waals surface area contributed by atoms with Gasteiger partial charge in [0.2, 0.25) is 0 Å². The van der Waals surface area contributed by atoms with E-state index in [0.717, 1.165) is 16.5 Å². The third-order valence-corrected chi connectivity index (χ3v) is 4.65. The van der Waals surface area contributed by atoms with Gasteiger partial charge in [-0.2, -0.15) is 5.10 Å². The van der Waals surface area contributed by atoms with Crippen LogP contribution in [0.4, 0.5) is 5.69 Å². The van der Waals surface area contributed by atoms with E-state index in [1.54, 1.807) is 18.2 Å². The number of aryl methyl sites for hydroxylation is 1. The molecule has 6 nitrogen and oxygen atoms in total. The quantitative estimate of drug-likeness (QED) is 0.858. The van der Waals surface area contributed by atoms with Crippen LogP contribution in [-0.4, -0.2) is 30.4 Å². The predicted octanol–water partition coefficient (Wildman–Crippen LogP) is 3.41. The van der Waals surface area contributed by atoms with Crippen LogP contribution in [0.5, 0.6) is 0 Å². The van der Waals surface area contributed by atoms with Crippen LogP contribution >= 0.6 is 34.8 Å². The van der Waals surface area contributed by atoms with Gasteiger partial charge in [-0.3, -0.25) is 4.79 Å². The van der Waals surface area contributed by atoms with Gasteiger partial charge in [-0.25, -0.2) is 13.1 Å². The second kappa shape index (κ2) is 6.68. The maximum absolute atomic E-state index is 12.3. The van der Waals surface area contributed by atoms with Gasteiger partial charge in [-0.1, -0.05) is 40.9 Å². The molecular formula is C13H12Cl3N3O3S. The molecule has 1 aromatic carbocycles. The molecule has 0 saturated heterocycles. The molecule has 0 aliphatic rings. The maximum atomic E-state index is 12.3. The number of carbonyl (C=O) groups is 1. The first-order valence-electron chi connectivity index (χ1n) is 6.25. The molecule has 0 radical (unpaired) electrons. The fourth-order valence-corrected chi connectivity index (χ4v) is 3.17. The Bertz CT molecular complexity index is 878. The lowest BCUT2D eigenvalue weighted by molar-refractivity contribution is 0.102. The lowest BCUT2D eigenvalue weighted by Crippen LogP contribution is -2.15. The van der Waals surface area contributed by atoms with Crippen molar-refractivity contribution in [1.82, 2.24) is 9.78 Å². The lowest BCUT2D eigenvalue weighted by atomic mass is 10.2. The molecule has 0 fully saturated rings. The third-order valence-electron chi connectivity index (χ3n) is 2.78. The van der Waals surface area contributed by atoms with Crippen molar-refractivity contribution in [2.24, 2.45) is 0 Å². The standard InChI is InChI=1S/C13H12Cl3N3O3S/c1-7-3-4-9(8(14)5-7)17-13(20)11-10(15)12(16)19(18-11)6-23(2,21)22/h3-5H,6H2,1-2H3,(H,17,20). The Morgan fingerprint density at radius 3 is 2.52 bits per heavy atom. The van der Waals surface area contributed by atoms with Crippen LogP contribution in [-0.2, 0) is 15.7 Å². The van der Waals surface area contributed by atoms with E-state index in [1.165, 1.54) is 0 Å². The Labute approximate surface area is 148 Å². The number of nitrogens with zero attached hydrogens (tertiary/aromatic N) is 2. The van der Waals surface area contributed by atoms with Crippen LogP contribution in [0.1, 0.15) is 16.1 Å². The Morgan fingerprint density at radius 2 is 1.96 bits per heavy atom. The summed E-state index contributed by atoms with van der Waals surface area (Å²) in [5.74, 6) is -1.13. The third kappa shape index (κ3) is 4.38. The number of rotatable bonds is 4. The first kappa shape index (κ1) is 18.1. The molecule has 10 heteroatoms. The van der Waals surface area contributed by atoms with Crippen LogP contribution in [0, 0.1) is 6.92 Å². The number of nitrogens with one attached hydrogen (secondary N) is 1. The van der Waals surface area contributed by atoms with E-state index < -0.39 is 21.6 Å². The molecule has 0 bridgehead atoms. The molecule has 1 aromatic heterocycles. The highest BCUT2D eigenvalue weighted by molar-refractivity contribution is 7.89. The van der Waals surface area contributed by atoms with Crippen LogP contribution in [0.15, 0.2) is 18.2 Å². The molecule has 2 aromatic rings. The average molecular weight is 397 g/mol. The van der Waals surface area contributed by atoms with E-state index in [0.29, 0.717) is 10.7 Å². The number of hydrogen-bond donors (Lipinski definition) is 1. The first-order chi connectivity index (χ1) is 10.6. The normalized spacial score (nSPS) is 11.5. The van der Waals surface area contributed by atoms with Crippen LogP contribution in [0.2, 0.25) is 15.2 Å². The molecule has 124 valence electrons. The molecule has 0 aliphatic carbocycles. The molecule has 0 atom stereocenters. The predicted molar refractivity (Wildman–Crippen MR) is 91.2 cm³/mol. The van der Waals surface area contributed by atoms with Crippen LogP contribution in [0.25, 0.3) is 0 Å². The highest BCUT2D eigenvalue weighted by Gasteiger charge is 2.23. The van der Waals surface area contributed by atoms with Crippen LogP contribution in [0.3, 0.4) is 0 Å². The second-order valence-corrected chi connectivity index (χ2v) is 8.20. The van der Waals surface area contributed by atoms with E-state index >= 15 is 0 Å². The highest BCUT2D eigenvalue weighted by Crippen LogP contribution is 2.28. The summed E-state index contributed by atoms with van der Waals surface area (Å²) in [6.45, 7) is 1.86. The number of hydrogen-bond acceptors (Lipinski definition) is 4. The Kier molecular flexibility index (Phi) is 5.25. The summed E-state index contributed by atoms with van der Waals surface area (Å²) in [5.41, 5.74) is 1.13. The topological polar surface area (TPSA) is 81.1 Å². The smallest absolute Gasteiger partial charge is 0.277 e. The van der Waals surface area contributed by atoms with Gasteiger partial charge in [0.05, 0.1) is 10.7 Å². The molecule has 0 aliphatic heterocycles. The van der Waals surface area contributed by atoms with Crippen molar-refractivity contribution in [3.05, 3.63) is 44.7 Å². The Morgan fingerprint density at radius 1 is 1.30 bits per heavy atom. The second-order valence-electron chi connectivity index (χ2n) is 4.95. The zero-order valence-corrected chi connectivity index (χ0v) is 15.2. The van der Waals surface area contributed by atoms with Gasteiger partial charge in [0.15, 0.2) is 15.5 Å². The molecule has 1 N–H and O–H groups in total. The van der Waals surface area contributed by atoms with Gasteiger partial charge >= 0.3 is 0 Å². The summed E-state index contributed by atoms with van der Waals surface area (Å²) >= 11 is 17.9. The fourth-order valence-electron chi connectivity index (χ4n) is 1.78. The van der Waals surface area contributed by atoms with E-state index in [2.05, 4.69) is 10.4 Å². The van der Waals surface area contributed by atoms with E-state index in [1.807, 2.05) is 6.92 Å². The summed E-state index contributed by atoms with van der Waals surface area (Å²) in [6, 6.07) is 5.10. The van der Waals surface area contributed by atoms with Crippen molar-refractivity contribution < 1.29 is 13.2 Å². The number of anilines is 1. The van der Waals surface area contributed by atoms with E-state index in [-0.39, 0.29) is 15.9 Å². The lowest BCUT2D eigenvalue weighted by Gasteiger charge is -2.06. The Balaban J connectivity index is 2.31. The van der Waals surface area contributed by atoms with Crippen molar-refractivity contribution in [3.8, 4) is 0 Å². The van der Waals surface area contributed by atoms with Crippen molar-refractivity contribution in [3.63, 3.8) is 0 Å². The number of halogens is 3. The van der Waals surface area contributed by atoms with E-state index in [9.17, 15) is 13.2 Å². The number of carbonyl (C=O) groups excluding carboxylic acids is 1. The Hall–Kier alpha value is -1.28. The minimum atomic E-state index is -3.39. The number of benzene rings is 1. The van der Waals surface area contributed by atoms with Gasteiger partial charge in [-0.15, -0.1) is 0 Å². The molecule has 23 heavy (non-hydrogen) atoms. The van der Waals surface area contributed by atoms with Gasteiger partial charge in [0, 0.05) is 6.26 Å². The van der Waals surface area contributed by atoms with E-state index in [4.69, 9.17) is 34.8 Å². The van der Waals surface area contributed by atoms with Gasteiger partial charge in [0.25, 0.3) is 5.91 Å². The maximum Gasteiger partial charge on any atom is 0.277 e. The summed E-state index contributed by atoms with van der Waals surface area (Å²) in [6.07, 6.45) is 1.02.